The maximum atomic E-state index is 14.7. The molecule has 16 atom stereocenters. The first-order chi connectivity index (χ1) is 30.9. The predicted molar refractivity (Wildman–Crippen MR) is 243 cm³/mol. The second kappa shape index (κ2) is 23.6. The van der Waals surface area contributed by atoms with E-state index >= 15 is 0 Å². The number of methoxy groups -OCH3 is 4. The number of hydrogen-bond acceptors (Lipinski definition) is 13. The number of carbonyl (C=O) groups is 5. The van der Waals surface area contributed by atoms with Crippen LogP contribution in [0.3, 0.4) is 0 Å². The lowest BCUT2D eigenvalue weighted by Crippen LogP contribution is -2.65. The van der Waals surface area contributed by atoms with Crippen LogP contribution in [-0.4, -0.2) is 134 Å². The van der Waals surface area contributed by atoms with E-state index < -0.39 is 83.7 Å². The first-order valence-corrected chi connectivity index (χ1v) is 23.9. The van der Waals surface area contributed by atoms with Crippen LogP contribution in [0.1, 0.15) is 112 Å². The smallest absolute Gasteiger partial charge is 0.329 e. The summed E-state index contributed by atoms with van der Waals surface area (Å²) in [6.07, 6.45) is 11.7. The fourth-order valence-electron chi connectivity index (χ4n) is 11.2. The number of nitrogens with zero attached hydrogens (tertiary/aromatic N) is 1. The molecule has 1 amide bonds. The molecule has 4 fully saturated rings. The molecule has 14 nitrogen and oxygen atoms in total. The topological polar surface area (TPSA) is 184 Å². The Morgan fingerprint density at radius 3 is 2.25 bits per heavy atom. The van der Waals surface area contributed by atoms with Crippen LogP contribution in [0.5, 0.6) is 0 Å². The van der Waals surface area contributed by atoms with Crippen LogP contribution in [0.2, 0.25) is 0 Å². The van der Waals surface area contributed by atoms with Gasteiger partial charge in [0.1, 0.15) is 30.1 Å². The number of carbonyl (C=O) groups excluding carboxylic acids is 5. The summed E-state index contributed by atoms with van der Waals surface area (Å²) in [5.74, 6) is -7.06. The molecule has 5 rings (SSSR count). The zero-order valence-corrected chi connectivity index (χ0v) is 40.4. The van der Waals surface area contributed by atoms with Gasteiger partial charge in [-0.05, 0) is 101 Å². The van der Waals surface area contributed by atoms with Crippen molar-refractivity contribution >= 4 is 29.2 Å². The second-order valence-electron chi connectivity index (χ2n) is 19.7. The summed E-state index contributed by atoms with van der Waals surface area (Å²) >= 11 is 0. The zero-order valence-electron chi connectivity index (χ0n) is 40.4. The standard InChI is InChI=1S/C51H77NO13/c1-29-15-12-11-13-16-30(2)41(60-7)27-36-20-18-34(6)51(63-10,65-36)48(57)49(58)52-22-14-17-37-38(25-35-19-21-39(53)43(26-35)61-8)42(64-50(59)44(37)52)28-40(54)31(3)24-33(5)46(56)47(62-9)45(55)32(4)23-29/h11-13,15-16,24,29,31-32,34-39,41-44,46-47,53,56H,14,17-23,25-28H2,1-10H3/b13-11+,15-12+,30-16+,33-24+/t29?,31?,32-,34-,35+,36+,37-,38?,39-,41+,42+,43-,44+,46-,47+,51-/m1/s1. The van der Waals surface area contributed by atoms with Crippen molar-refractivity contribution in [2.24, 2.45) is 41.4 Å². The van der Waals surface area contributed by atoms with Gasteiger partial charge in [0.15, 0.2) is 5.78 Å². The van der Waals surface area contributed by atoms with Gasteiger partial charge < -0.3 is 43.5 Å². The summed E-state index contributed by atoms with van der Waals surface area (Å²) in [6, 6.07) is -1.07. The molecule has 3 unspecified atom stereocenters. The van der Waals surface area contributed by atoms with Gasteiger partial charge in [-0.25, -0.2) is 4.79 Å². The van der Waals surface area contributed by atoms with Crippen molar-refractivity contribution < 1.29 is 62.6 Å². The van der Waals surface area contributed by atoms with Crippen LogP contribution in [0.4, 0.5) is 0 Å². The highest BCUT2D eigenvalue weighted by atomic mass is 16.7. The lowest BCUT2D eigenvalue weighted by Gasteiger charge is -2.50. The molecule has 3 saturated heterocycles. The minimum Gasteiger partial charge on any atom is -0.460 e. The Kier molecular flexibility index (Phi) is 19.1. The number of hydrogen-bond donors (Lipinski definition) is 2. The highest BCUT2D eigenvalue weighted by Gasteiger charge is 2.58. The zero-order chi connectivity index (χ0) is 47.7. The van der Waals surface area contributed by atoms with E-state index in [9.17, 15) is 34.2 Å². The molecule has 14 heteroatoms. The van der Waals surface area contributed by atoms with Crippen LogP contribution >= 0.6 is 0 Å². The van der Waals surface area contributed by atoms with E-state index in [4.69, 9.17) is 28.4 Å². The van der Waals surface area contributed by atoms with Gasteiger partial charge in [0.25, 0.3) is 11.7 Å². The van der Waals surface area contributed by atoms with Crippen molar-refractivity contribution in [3.63, 3.8) is 0 Å². The molecule has 0 spiro atoms. The molecule has 0 aromatic rings. The normalized spacial score (nSPS) is 42.7. The molecular formula is C51H77NO13. The van der Waals surface area contributed by atoms with E-state index in [2.05, 4.69) is 0 Å². The van der Waals surface area contributed by atoms with E-state index in [1.54, 1.807) is 34.1 Å². The molecule has 4 bridgehead atoms. The fraction of sp³-hybridized carbons (Fsp3) is 0.745. The van der Waals surface area contributed by atoms with Crippen LogP contribution in [0.15, 0.2) is 47.6 Å². The van der Waals surface area contributed by atoms with Gasteiger partial charge >= 0.3 is 5.97 Å². The van der Waals surface area contributed by atoms with Crippen LogP contribution in [0.25, 0.3) is 0 Å². The SMILES string of the molecule is CO[C@H]1C[C@@H]2CC[C@@H](C)[C@@](OC)(O2)C(=O)C(=O)N2CCC[C@@H]3C(C[C@@H]4CC[C@@H](O)[C@H](OC)C4)[C@H](CC(=O)C(C)/C=C(\C)[C@@H](O)[C@@H](OC)C(=O)[C@H](C)CC(C)/C=C/C=C/C=C/1C)OC(=O)[C@H]32. The van der Waals surface area contributed by atoms with Gasteiger partial charge in [-0.2, -0.15) is 0 Å². The summed E-state index contributed by atoms with van der Waals surface area (Å²) in [5.41, 5.74) is 1.33. The largest absolute Gasteiger partial charge is 0.460 e. The third-order valence-corrected chi connectivity index (χ3v) is 15.2. The highest BCUT2D eigenvalue weighted by molar-refractivity contribution is 6.39. The molecule has 0 aromatic heterocycles. The Labute approximate surface area is 386 Å². The number of allylic oxidation sites excluding steroid dienone is 6. The van der Waals surface area contributed by atoms with Gasteiger partial charge in [0.05, 0.1) is 24.4 Å². The second-order valence-corrected chi connectivity index (χ2v) is 19.7. The van der Waals surface area contributed by atoms with Gasteiger partial charge in [0.2, 0.25) is 5.79 Å². The Morgan fingerprint density at radius 2 is 1.57 bits per heavy atom. The lowest BCUT2D eigenvalue weighted by atomic mass is 9.68. The average molecular weight is 912 g/mol. The minimum absolute atomic E-state index is 0.0345. The first-order valence-electron chi connectivity index (χ1n) is 23.9. The molecule has 0 aromatic carbocycles. The van der Waals surface area contributed by atoms with E-state index in [-0.39, 0.29) is 54.5 Å². The van der Waals surface area contributed by atoms with Crippen LogP contribution in [0, 0.1) is 41.4 Å². The molecule has 2 N–H and O–H groups in total. The molecule has 1 saturated carbocycles. The van der Waals surface area contributed by atoms with E-state index in [0.717, 1.165) is 5.57 Å². The van der Waals surface area contributed by atoms with Gasteiger partial charge in [-0.3, -0.25) is 19.2 Å². The van der Waals surface area contributed by atoms with Gasteiger partial charge in [-0.15, -0.1) is 0 Å². The number of piperidine rings is 1. The lowest BCUT2D eigenvalue weighted by molar-refractivity contribution is -0.277. The summed E-state index contributed by atoms with van der Waals surface area (Å²) in [6.45, 7) is 11.2. The monoisotopic (exact) mass is 912 g/mol. The molecule has 65 heavy (non-hydrogen) atoms. The Balaban J connectivity index is 1.52. The van der Waals surface area contributed by atoms with Crippen molar-refractivity contribution in [1.29, 1.82) is 0 Å². The number of amides is 1. The summed E-state index contributed by atoms with van der Waals surface area (Å²) in [5, 5.41) is 22.1. The first kappa shape index (κ1) is 52.6. The molecule has 0 radical (unpaired) electrons. The van der Waals surface area contributed by atoms with Crippen LogP contribution in [-0.2, 0) is 52.4 Å². The quantitative estimate of drug-likeness (QED) is 0.179. The summed E-state index contributed by atoms with van der Waals surface area (Å²) in [4.78, 5) is 72.9. The average Bonchev–Trinajstić information content (AvgIpc) is 3.29. The van der Waals surface area contributed by atoms with Crippen molar-refractivity contribution in [3.05, 3.63) is 47.6 Å². The Morgan fingerprint density at radius 1 is 0.831 bits per heavy atom. The number of esters is 1. The third kappa shape index (κ3) is 12.2. The van der Waals surface area contributed by atoms with Crippen molar-refractivity contribution in [3.8, 4) is 0 Å². The Bertz CT molecular complexity index is 1810. The van der Waals surface area contributed by atoms with E-state index in [1.165, 1.54) is 19.1 Å². The molecule has 5 aliphatic rings. The van der Waals surface area contributed by atoms with Gasteiger partial charge in [-0.1, -0.05) is 64.2 Å². The number of aliphatic hydroxyl groups excluding tert-OH is 2. The van der Waals surface area contributed by atoms with E-state index in [1.807, 2.05) is 58.1 Å². The number of aliphatic hydroxyl groups is 2. The number of rotatable bonds is 6. The highest BCUT2D eigenvalue weighted by Crippen LogP contribution is 2.45. The van der Waals surface area contributed by atoms with E-state index in [0.29, 0.717) is 69.8 Å². The van der Waals surface area contributed by atoms with Crippen molar-refractivity contribution in [1.82, 2.24) is 4.90 Å². The summed E-state index contributed by atoms with van der Waals surface area (Å²) < 4.78 is 35.9. The molecule has 1 aliphatic carbocycles. The Hall–Kier alpha value is -3.37. The summed E-state index contributed by atoms with van der Waals surface area (Å²) in [7, 11) is 5.96. The number of ether oxygens (including phenoxy) is 6. The van der Waals surface area contributed by atoms with Crippen LogP contribution < -0.4 is 0 Å². The maximum Gasteiger partial charge on any atom is 0.329 e. The number of Topliss-reactive ketones (excluding diaryl/α,β-unsaturated/α-hetero) is 3. The minimum atomic E-state index is -1.89. The molecule has 4 aliphatic heterocycles. The van der Waals surface area contributed by atoms with Crippen molar-refractivity contribution in [2.75, 3.05) is 35.0 Å². The molecule has 364 valence electrons. The third-order valence-electron chi connectivity index (χ3n) is 15.2. The number of fused-ring (bicyclic) bond motifs is 4. The number of ketones is 3. The van der Waals surface area contributed by atoms with Crippen molar-refractivity contribution in [2.45, 2.75) is 167 Å². The predicted octanol–water partition coefficient (Wildman–Crippen LogP) is 6.05. The van der Waals surface area contributed by atoms with Gasteiger partial charge in [0, 0.05) is 71.5 Å². The fourth-order valence-corrected chi connectivity index (χ4v) is 11.2. The molecule has 4 heterocycles. The molecular weight excluding hydrogens is 835 g/mol. The maximum absolute atomic E-state index is 14.7.